The lowest BCUT2D eigenvalue weighted by Gasteiger charge is -2.23. The summed E-state index contributed by atoms with van der Waals surface area (Å²) in [6.07, 6.45) is 5.87. The highest BCUT2D eigenvalue weighted by atomic mass is 15.1. The summed E-state index contributed by atoms with van der Waals surface area (Å²) >= 11 is 0. The second-order valence-electron chi connectivity index (χ2n) is 5.34. The number of hydrogen-bond donors (Lipinski definition) is 1. The summed E-state index contributed by atoms with van der Waals surface area (Å²) in [5, 5.41) is 12.9. The topological polar surface area (TPSA) is 53.6 Å². The second-order valence-corrected chi connectivity index (χ2v) is 5.34. The van der Waals surface area contributed by atoms with Gasteiger partial charge in [-0.3, -0.25) is 5.32 Å². The van der Waals surface area contributed by atoms with Gasteiger partial charge in [-0.25, -0.2) is 4.98 Å². The maximum absolute atomic E-state index is 9.44. The molecule has 1 fully saturated rings. The summed E-state index contributed by atoms with van der Waals surface area (Å²) < 4.78 is 2.24. The fraction of sp³-hybridized carbons (Fsp3) is 0.714. The van der Waals surface area contributed by atoms with Gasteiger partial charge in [-0.15, -0.1) is 0 Å². The fourth-order valence-corrected chi connectivity index (χ4v) is 2.81. The average molecular weight is 246 g/mol. The SMILES string of the molecule is CCCNC1(C#N)CCC(n2cnc(C)c2C)C1. The van der Waals surface area contributed by atoms with Crippen molar-refractivity contribution in [2.45, 2.75) is 58.0 Å². The summed E-state index contributed by atoms with van der Waals surface area (Å²) in [5.41, 5.74) is 1.99. The highest BCUT2D eigenvalue weighted by Gasteiger charge is 2.39. The highest BCUT2D eigenvalue weighted by molar-refractivity contribution is 5.16. The molecule has 0 bridgehead atoms. The minimum Gasteiger partial charge on any atom is -0.331 e. The van der Waals surface area contributed by atoms with Crippen molar-refractivity contribution in [1.29, 1.82) is 5.26 Å². The Morgan fingerprint density at radius 3 is 2.94 bits per heavy atom. The number of nitrogens with one attached hydrogen (secondary N) is 1. The number of aromatic nitrogens is 2. The van der Waals surface area contributed by atoms with E-state index in [2.05, 4.69) is 34.8 Å². The van der Waals surface area contributed by atoms with Gasteiger partial charge in [0.05, 0.1) is 18.1 Å². The molecule has 0 amide bonds. The normalized spacial score (nSPS) is 27.3. The molecule has 4 heteroatoms. The molecule has 2 unspecified atom stereocenters. The van der Waals surface area contributed by atoms with Crippen LogP contribution >= 0.6 is 0 Å². The summed E-state index contributed by atoms with van der Waals surface area (Å²) in [4.78, 5) is 4.36. The maximum atomic E-state index is 9.44. The first-order valence-electron chi connectivity index (χ1n) is 6.78. The number of nitriles is 1. The summed E-state index contributed by atoms with van der Waals surface area (Å²) in [6, 6.07) is 2.91. The Hall–Kier alpha value is -1.34. The lowest BCUT2D eigenvalue weighted by atomic mass is 9.99. The van der Waals surface area contributed by atoms with Gasteiger partial charge in [-0.1, -0.05) is 6.92 Å². The third-order valence-electron chi connectivity index (χ3n) is 4.10. The molecule has 1 N–H and O–H groups in total. The van der Waals surface area contributed by atoms with Gasteiger partial charge >= 0.3 is 0 Å². The zero-order valence-corrected chi connectivity index (χ0v) is 11.5. The molecule has 1 heterocycles. The third-order valence-corrected chi connectivity index (χ3v) is 4.10. The van der Waals surface area contributed by atoms with Crippen LogP contribution in [0.4, 0.5) is 0 Å². The third kappa shape index (κ3) is 2.28. The lowest BCUT2D eigenvalue weighted by molar-refractivity contribution is 0.398. The maximum Gasteiger partial charge on any atom is 0.108 e. The quantitative estimate of drug-likeness (QED) is 0.888. The largest absolute Gasteiger partial charge is 0.331 e. The van der Waals surface area contributed by atoms with Gasteiger partial charge in [-0.05, 0) is 46.1 Å². The van der Waals surface area contributed by atoms with Crippen molar-refractivity contribution in [2.75, 3.05) is 6.54 Å². The van der Waals surface area contributed by atoms with E-state index in [0.29, 0.717) is 6.04 Å². The van der Waals surface area contributed by atoms with Crippen LogP contribution in [0.5, 0.6) is 0 Å². The van der Waals surface area contributed by atoms with Crippen LogP contribution in [0.25, 0.3) is 0 Å². The van der Waals surface area contributed by atoms with Crippen LogP contribution in [-0.4, -0.2) is 21.6 Å². The predicted molar refractivity (Wildman–Crippen MR) is 71.2 cm³/mol. The van der Waals surface area contributed by atoms with Crippen molar-refractivity contribution in [3.05, 3.63) is 17.7 Å². The molecule has 0 spiro atoms. The molecule has 0 aromatic carbocycles. The van der Waals surface area contributed by atoms with Crippen LogP contribution in [0.3, 0.4) is 0 Å². The van der Waals surface area contributed by atoms with Gasteiger partial charge in [0.1, 0.15) is 5.54 Å². The molecule has 18 heavy (non-hydrogen) atoms. The molecule has 2 rings (SSSR count). The van der Waals surface area contributed by atoms with E-state index < -0.39 is 0 Å². The van der Waals surface area contributed by atoms with Crippen molar-refractivity contribution in [1.82, 2.24) is 14.9 Å². The minimum absolute atomic E-state index is 0.328. The number of rotatable bonds is 4. The smallest absolute Gasteiger partial charge is 0.108 e. The van der Waals surface area contributed by atoms with E-state index in [0.717, 1.165) is 37.9 Å². The van der Waals surface area contributed by atoms with E-state index in [1.807, 2.05) is 13.3 Å². The summed E-state index contributed by atoms with van der Waals surface area (Å²) in [5.74, 6) is 0. The first-order chi connectivity index (χ1) is 8.62. The Morgan fingerprint density at radius 2 is 2.39 bits per heavy atom. The lowest BCUT2D eigenvalue weighted by Crippen LogP contribution is -2.42. The molecule has 98 valence electrons. The minimum atomic E-state index is -0.328. The van der Waals surface area contributed by atoms with Gasteiger partial charge in [0.15, 0.2) is 0 Å². The molecule has 0 saturated heterocycles. The average Bonchev–Trinajstić information content (AvgIpc) is 2.94. The Labute approximate surface area is 109 Å². The van der Waals surface area contributed by atoms with E-state index >= 15 is 0 Å². The summed E-state index contributed by atoms with van der Waals surface area (Å²) in [7, 11) is 0. The molecule has 0 aliphatic heterocycles. The first-order valence-corrected chi connectivity index (χ1v) is 6.78. The van der Waals surface area contributed by atoms with Crippen molar-refractivity contribution in [3.63, 3.8) is 0 Å². The molecule has 0 radical (unpaired) electrons. The number of aryl methyl sites for hydroxylation is 1. The molecule has 1 aromatic rings. The van der Waals surface area contributed by atoms with Gasteiger partial charge in [-0.2, -0.15) is 5.26 Å². The van der Waals surface area contributed by atoms with E-state index in [1.54, 1.807) is 0 Å². The van der Waals surface area contributed by atoms with Crippen molar-refractivity contribution >= 4 is 0 Å². The van der Waals surface area contributed by atoms with E-state index in [4.69, 9.17) is 0 Å². The highest BCUT2D eigenvalue weighted by Crippen LogP contribution is 2.38. The van der Waals surface area contributed by atoms with Crippen molar-refractivity contribution in [2.24, 2.45) is 0 Å². The fourth-order valence-electron chi connectivity index (χ4n) is 2.81. The van der Waals surface area contributed by atoms with Gasteiger partial charge in [0, 0.05) is 11.7 Å². The van der Waals surface area contributed by atoms with E-state index in [1.165, 1.54) is 5.69 Å². The molecular weight excluding hydrogens is 224 g/mol. The van der Waals surface area contributed by atoms with Gasteiger partial charge in [0.2, 0.25) is 0 Å². The Kier molecular flexibility index (Phi) is 3.72. The number of imidazole rings is 1. The molecule has 1 saturated carbocycles. The van der Waals surface area contributed by atoms with E-state index in [-0.39, 0.29) is 5.54 Å². The summed E-state index contributed by atoms with van der Waals surface area (Å²) in [6.45, 7) is 7.19. The molecule has 1 aliphatic rings. The molecular formula is C14H22N4. The first kappa shape index (κ1) is 13.1. The predicted octanol–water partition coefficient (Wildman–Crippen LogP) is 2.49. The molecule has 4 nitrogen and oxygen atoms in total. The number of hydrogen-bond acceptors (Lipinski definition) is 3. The van der Waals surface area contributed by atoms with Gasteiger partial charge < -0.3 is 4.57 Å². The van der Waals surface area contributed by atoms with Crippen molar-refractivity contribution in [3.8, 4) is 6.07 Å². The van der Waals surface area contributed by atoms with E-state index in [9.17, 15) is 5.26 Å². The van der Waals surface area contributed by atoms with Crippen LogP contribution in [0, 0.1) is 25.2 Å². The Balaban J connectivity index is 2.12. The Morgan fingerprint density at radius 1 is 1.61 bits per heavy atom. The standard InChI is InChI=1S/C14H22N4/c1-4-7-17-14(9-15)6-5-13(8-14)18-10-16-11(2)12(18)3/h10,13,17H,4-8H2,1-3H3. The molecule has 2 atom stereocenters. The van der Waals surface area contributed by atoms with Crippen LogP contribution in [0.1, 0.15) is 50.0 Å². The van der Waals surface area contributed by atoms with Crippen LogP contribution in [-0.2, 0) is 0 Å². The van der Waals surface area contributed by atoms with Crippen molar-refractivity contribution < 1.29 is 0 Å². The number of nitrogens with zero attached hydrogens (tertiary/aromatic N) is 3. The zero-order chi connectivity index (χ0) is 13.2. The molecule has 1 aliphatic carbocycles. The second kappa shape index (κ2) is 5.11. The monoisotopic (exact) mass is 246 g/mol. The van der Waals surface area contributed by atoms with Crippen LogP contribution in [0.2, 0.25) is 0 Å². The zero-order valence-electron chi connectivity index (χ0n) is 11.5. The van der Waals surface area contributed by atoms with Crippen LogP contribution < -0.4 is 5.32 Å². The van der Waals surface area contributed by atoms with Gasteiger partial charge in [0.25, 0.3) is 0 Å². The molecule has 1 aromatic heterocycles. The van der Waals surface area contributed by atoms with Crippen LogP contribution in [0.15, 0.2) is 6.33 Å². The Bertz CT molecular complexity index is 457.